The molecule has 5 rings (SSSR count). The van der Waals surface area contributed by atoms with Gasteiger partial charge in [0, 0.05) is 24.7 Å². The van der Waals surface area contributed by atoms with Crippen molar-refractivity contribution < 1.29 is 14.3 Å². The molecule has 192 valence electrons. The second-order valence-electron chi connectivity index (χ2n) is 10.8. The lowest BCUT2D eigenvalue weighted by Gasteiger charge is -2.30. The summed E-state index contributed by atoms with van der Waals surface area (Å²) in [4.78, 5) is 24.9. The zero-order chi connectivity index (χ0) is 25.6. The Labute approximate surface area is 215 Å². The Morgan fingerprint density at radius 2 is 2.06 bits per heavy atom. The SMILES string of the molecule is COc1nc(C(C)C)ccc1-c1cnc2sc(N3C[C@H]4CC=C[C@@H](NC(=O)OC(C)(C)C)[C@H]4C3)nn12. The standard InChI is InChI=1S/C26H34N6O3S/c1-15(2)19-11-10-17(22(28-19)34-6)21-12-27-23-32(21)30-24(36-23)31-13-16-8-7-9-20(18(16)14-31)29-25(33)35-26(3,4)5/h7,9-12,15-16,18,20H,8,13-14H2,1-6H3,(H,29,33)/t16-,18+,20-/m1/s1. The van der Waals surface area contributed by atoms with E-state index in [2.05, 4.69) is 41.2 Å². The highest BCUT2D eigenvalue weighted by atomic mass is 32.1. The fourth-order valence-corrected chi connectivity index (χ4v) is 5.87. The van der Waals surface area contributed by atoms with Gasteiger partial charge in [-0.2, -0.15) is 0 Å². The molecule has 10 heteroatoms. The van der Waals surface area contributed by atoms with Gasteiger partial charge in [0.2, 0.25) is 16.0 Å². The van der Waals surface area contributed by atoms with Crippen LogP contribution < -0.4 is 15.0 Å². The van der Waals surface area contributed by atoms with E-state index >= 15 is 0 Å². The monoisotopic (exact) mass is 510 g/mol. The van der Waals surface area contributed by atoms with Crippen molar-refractivity contribution in [3.05, 3.63) is 36.2 Å². The third-order valence-electron chi connectivity index (χ3n) is 6.71. The normalized spacial score (nSPS) is 21.8. The Morgan fingerprint density at radius 3 is 2.78 bits per heavy atom. The minimum Gasteiger partial charge on any atom is -0.480 e. The van der Waals surface area contributed by atoms with E-state index in [1.807, 2.05) is 43.6 Å². The third-order valence-corrected chi connectivity index (χ3v) is 7.69. The zero-order valence-electron chi connectivity index (χ0n) is 21.7. The van der Waals surface area contributed by atoms with Gasteiger partial charge in [0.25, 0.3) is 0 Å². The number of nitrogens with one attached hydrogen (secondary N) is 1. The van der Waals surface area contributed by atoms with Crippen molar-refractivity contribution >= 4 is 27.5 Å². The Kier molecular flexibility index (Phi) is 6.40. The molecule has 3 atom stereocenters. The number of carbonyl (C=O) groups is 1. The molecule has 4 heterocycles. The first-order valence-electron chi connectivity index (χ1n) is 12.4. The maximum atomic E-state index is 12.4. The minimum atomic E-state index is -0.524. The highest BCUT2D eigenvalue weighted by molar-refractivity contribution is 7.20. The summed E-state index contributed by atoms with van der Waals surface area (Å²) in [5, 5.41) is 8.93. The fraction of sp³-hybridized carbons (Fsp3) is 0.538. The van der Waals surface area contributed by atoms with E-state index in [9.17, 15) is 4.79 Å². The van der Waals surface area contributed by atoms with Crippen LogP contribution in [0.25, 0.3) is 16.2 Å². The van der Waals surface area contributed by atoms with Crippen LogP contribution >= 0.6 is 11.3 Å². The Morgan fingerprint density at radius 1 is 1.25 bits per heavy atom. The number of nitrogens with zero attached hydrogens (tertiary/aromatic N) is 5. The molecule has 0 bridgehead atoms. The van der Waals surface area contributed by atoms with Gasteiger partial charge in [0.1, 0.15) is 5.60 Å². The summed E-state index contributed by atoms with van der Waals surface area (Å²) < 4.78 is 13.0. The lowest BCUT2D eigenvalue weighted by molar-refractivity contribution is 0.0494. The van der Waals surface area contributed by atoms with E-state index < -0.39 is 5.60 Å². The van der Waals surface area contributed by atoms with Crippen molar-refractivity contribution in [2.24, 2.45) is 11.8 Å². The lowest BCUT2D eigenvalue weighted by atomic mass is 9.82. The smallest absolute Gasteiger partial charge is 0.408 e. The van der Waals surface area contributed by atoms with Crippen LogP contribution in [0.1, 0.15) is 52.7 Å². The van der Waals surface area contributed by atoms with Crippen molar-refractivity contribution in [2.45, 2.75) is 58.6 Å². The Balaban J connectivity index is 1.37. The van der Waals surface area contributed by atoms with Crippen LogP contribution in [-0.2, 0) is 4.74 Å². The number of imidazole rings is 1. The number of hydrogen-bond acceptors (Lipinski definition) is 8. The molecule has 3 aromatic rings. The number of anilines is 1. The van der Waals surface area contributed by atoms with Crippen molar-refractivity contribution in [1.29, 1.82) is 0 Å². The molecule has 1 N–H and O–H groups in total. The molecule has 1 fully saturated rings. The first-order valence-corrected chi connectivity index (χ1v) is 13.3. The third kappa shape index (κ3) is 4.78. The maximum absolute atomic E-state index is 12.4. The summed E-state index contributed by atoms with van der Waals surface area (Å²) in [5.74, 6) is 1.63. The molecular weight excluding hydrogens is 476 g/mol. The van der Waals surface area contributed by atoms with E-state index in [1.54, 1.807) is 18.4 Å². The number of methoxy groups -OCH3 is 1. The molecule has 0 saturated carbocycles. The highest BCUT2D eigenvalue weighted by Gasteiger charge is 2.40. The molecule has 2 aliphatic rings. The average molecular weight is 511 g/mol. The number of rotatable bonds is 5. The molecule has 1 aliphatic carbocycles. The van der Waals surface area contributed by atoms with E-state index in [1.165, 1.54) is 0 Å². The fourth-order valence-electron chi connectivity index (χ4n) is 4.97. The zero-order valence-corrected chi connectivity index (χ0v) is 22.5. The molecule has 0 spiro atoms. The number of alkyl carbamates (subject to hydrolysis) is 1. The number of carbonyl (C=O) groups excluding carboxylic acids is 1. The number of amides is 1. The topological polar surface area (TPSA) is 93.9 Å². The van der Waals surface area contributed by atoms with Gasteiger partial charge in [-0.1, -0.05) is 37.3 Å². The summed E-state index contributed by atoms with van der Waals surface area (Å²) in [5.41, 5.74) is 2.19. The molecule has 9 nitrogen and oxygen atoms in total. The molecule has 3 aromatic heterocycles. The molecule has 0 unspecified atom stereocenters. The Bertz CT molecular complexity index is 1290. The molecular formula is C26H34N6O3S. The molecule has 36 heavy (non-hydrogen) atoms. The summed E-state index contributed by atoms with van der Waals surface area (Å²) in [6.45, 7) is 11.6. The first kappa shape index (κ1) is 24.5. The Hall–Kier alpha value is -3.14. The average Bonchev–Trinajstić information content (AvgIpc) is 3.51. The van der Waals surface area contributed by atoms with Crippen molar-refractivity contribution in [3.63, 3.8) is 0 Å². The van der Waals surface area contributed by atoms with E-state index in [4.69, 9.17) is 19.6 Å². The molecule has 1 aliphatic heterocycles. The van der Waals surface area contributed by atoms with Crippen LogP contribution in [0.2, 0.25) is 0 Å². The van der Waals surface area contributed by atoms with E-state index in [0.717, 1.165) is 46.6 Å². The number of allylic oxidation sites excluding steroid dienone is 1. The number of ether oxygens (including phenoxy) is 2. The van der Waals surface area contributed by atoms with Crippen molar-refractivity contribution in [1.82, 2.24) is 24.9 Å². The number of hydrogen-bond donors (Lipinski definition) is 1. The summed E-state index contributed by atoms with van der Waals surface area (Å²) in [6.07, 6.45) is 6.71. The van der Waals surface area contributed by atoms with Crippen LogP contribution in [0, 0.1) is 11.8 Å². The second-order valence-corrected chi connectivity index (χ2v) is 11.8. The number of aromatic nitrogens is 4. The second kappa shape index (κ2) is 9.38. The van der Waals surface area contributed by atoms with Crippen LogP contribution in [0.3, 0.4) is 0 Å². The van der Waals surface area contributed by atoms with Gasteiger partial charge < -0.3 is 19.7 Å². The van der Waals surface area contributed by atoms with Gasteiger partial charge in [-0.25, -0.2) is 19.3 Å². The molecule has 0 aromatic carbocycles. The van der Waals surface area contributed by atoms with Gasteiger partial charge in [0.05, 0.1) is 30.6 Å². The van der Waals surface area contributed by atoms with Crippen molar-refractivity contribution in [3.8, 4) is 17.1 Å². The van der Waals surface area contributed by atoms with Crippen molar-refractivity contribution in [2.75, 3.05) is 25.1 Å². The van der Waals surface area contributed by atoms with Gasteiger partial charge in [-0.3, -0.25) is 0 Å². The van der Waals surface area contributed by atoms with Gasteiger partial charge in [-0.05, 0) is 51.2 Å². The van der Waals surface area contributed by atoms with Crippen LogP contribution in [0.5, 0.6) is 5.88 Å². The predicted molar refractivity (Wildman–Crippen MR) is 141 cm³/mol. The largest absolute Gasteiger partial charge is 0.480 e. The summed E-state index contributed by atoms with van der Waals surface area (Å²) >= 11 is 1.57. The number of fused-ring (bicyclic) bond motifs is 2. The quantitative estimate of drug-likeness (QED) is 0.489. The first-order chi connectivity index (χ1) is 17.1. The minimum absolute atomic E-state index is 0.0574. The lowest BCUT2D eigenvalue weighted by Crippen LogP contribution is -2.45. The van der Waals surface area contributed by atoms with Gasteiger partial charge in [-0.15, -0.1) is 5.10 Å². The molecule has 1 amide bonds. The maximum Gasteiger partial charge on any atom is 0.408 e. The molecule has 0 radical (unpaired) electrons. The number of pyridine rings is 1. The van der Waals surface area contributed by atoms with Crippen LogP contribution in [0.15, 0.2) is 30.5 Å². The van der Waals surface area contributed by atoms with E-state index in [-0.39, 0.29) is 12.1 Å². The van der Waals surface area contributed by atoms with Gasteiger partial charge in [0.15, 0.2) is 0 Å². The molecule has 1 saturated heterocycles. The summed E-state index contributed by atoms with van der Waals surface area (Å²) in [7, 11) is 1.64. The van der Waals surface area contributed by atoms with Crippen LogP contribution in [-0.4, -0.2) is 57.5 Å². The summed E-state index contributed by atoms with van der Waals surface area (Å²) in [6, 6.07) is 4.01. The highest BCUT2D eigenvalue weighted by Crippen LogP contribution is 2.38. The van der Waals surface area contributed by atoms with E-state index in [0.29, 0.717) is 23.6 Å². The van der Waals surface area contributed by atoms with Gasteiger partial charge >= 0.3 is 6.09 Å². The predicted octanol–water partition coefficient (Wildman–Crippen LogP) is 4.89. The van der Waals surface area contributed by atoms with Crippen LogP contribution in [0.4, 0.5) is 9.93 Å².